The SMILES string of the molecule is CC1(C)c2ccccc2-c2ccc(N(C3=CC4C(C=C3)c3c(-c5cccc(-n6c7ccccc7c7ccccc76)c5)cccc3C4(C)C)c3ccc(-c4ccccc4)cc3)cc21. The molecular formula is C60H48N2. The highest BCUT2D eigenvalue weighted by molar-refractivity contribution is 6.09. The Morgan fingerprint density at radius 2 is 1.06 bits per heavy atom. The first-order valence-electron chi connectivity index (χ1n) is 22.1. The lowest BCUT2D eigenvalue weighted by molar-refractivity contribution is 0.392. The number of anilines is 2. The van der Waals surface area contributed by atoms with Gasteiger partial charge in [0.25, 0.3) is 0 Å². The summed E-state index contributed by atoms with van der Waals surface area (Å²) in [5.41, 5.74) is 20.4. The fourth-order valence-corrected chi connectivity index (χ4v) is 11.4. The van der Waals surface area contributed by atoms with Gasteiger partial charge >= 0.3 is 0 Å². The van der Waals surface area contributed by atoms with Crippen LogP contribution in [0, 0.1) is 5.92 Å². The van der Waals surface area contributed by atoms with E-state index in [0.29, 0.717) is 0 Å². The van der Waals surface area contributed by atoms with Gasteiger partial charge in [0.05, 0.1) is 11.0 Å². The molecule has 3 aliphatic rings. The lowest BCUT2D eigenvalue weighted by atomic mass is 9.74. The van der Waals surface area contributed by atoms with Gasteiger partial charge in [0.15, 0.2) is 0 Å². The van der Waals surface area contributed by atoms with Crippen molar-refractivity contribution in [3.63, 3.8) is 0 Å². The van der Waals surface area contributed by atoms with Crippen molar-refractivity contribution < 1.29 is 0 Å². The molecule has 8 aromatic carbocycles. The Labute approximate surface area is 364 Å². The van der Waals surface area contributed by atoms with E-state index in [4.69, 9.17) is 0 Å². The van der Waals surface area contributed by atoms with Gasteiger partial charge < -0.3 is 9.47 Å². The highest BCUT2D eigenvalue weighted by Gasteiger charge is 2.47. The Bertz CT molecular complexity index is 3250. The Kier molecular flexibility index (Phi) is 8.09. The minimum Gasteiger partial charge on any atom is -0.311 e. The second kappa shape index (κ2) is 13.7. The zero-order chi connectivity index (χ0) is 41.7. The Morgan fingerprint density at radius 1 is 0.468 bits per heavy atom. The lowest BCUT2D eigenvalue weighted by Gasteiger charge is -2.35. The molecule has 62 heavy (non-hydrogen) atoms. The van der Waals surface area contributed by atoms with E-state index in [9.17, 15) is 0 Å². The number of fused-ring (bicyclic) bond motifs is 9. The Hall–Kier alpha value is -7.16. The molecule has 298 valence electrons. The average molecular weight is 797 g/mol. The molecule has 0 amide bonds. The molecule has 9 aromatic rings. The molecule has 1 heterocycles. The first-order chi connectivity index (χ1) is 30.3. The van der Waals surface area contributed by atoms with Crippen LogP contribution >= 0.6 is 0 Å². The number of hydrogen-bond donors (Lipinski definition) is 0. The molecule has 0 aliphatic heterocycles. The molecule has 2 unspecified atom stereocenters. The van der Waals surface area contributed by atoms with Gasteiger partial charge in [-0.15, -0.1) is 0 Å². The lowest BCUT2D eigenvalue weighted by Crippen LogP contribution is -2.28. The topological polar surface area (TPSA) is 8.17 Å². The summed E-state index contributed by atoms with van der Waals surface area (Å²) < 4.78 is 2.43. The minimum absolute atomic E-state index is 0.0964. The van der Waals surface area contributed by atoms with Crippen LogP contribution in [0.2, 0.25) is 0 Å². The van der Waals surface area contributed by atoms with Crippen molar-refractivity contribution in [2.24, 2.45) is 5.92 Å². The minimum atomic E-state index is -0.100. The molecule has 0 bridgehead atoms. The first-order valence-corrected chi connectivity index (χ1v) is 22.1. The summed E-state index contributed by atoms with van der Waals surface area (Å²) in [6.45, 7) is 9.66. The van der Waals surface area contributed by atoms with E-state index in [1.807, 2.05) is 0 Å². The maximum Gasteiger partial charge on any atom is 0.0541 e. The molecule has 3 aliphatic carbocycles. The molecule has 2 heteroatoms. The van der Waals surface area contributed by atoms with E-state index < -0.39 is 0 Å². The maximum absolute atomic E-state index is 2.58. The molecule has 0 spiro atoms. The number of rotatable bonds is 6. The molecule has 2 nitrogen and oxygen atoms in total. The van der Waals surface area contributed by atoms with Crippen molar-refractivity contribution in [2.45, 2.75) is 44.4 Å². The van der Waals surface area contributed by atoms with Gasteiger partial charge in [-0.05, 0) is 122 Å². The number of aromatic nitrogens is 1. The molecule has 0 N–H and O–H groups in total. The molecule has 12 rings (SSSR count). The molecule has 2 atom stereocenters. The smallest absolute Gasteiger partial charge is 0.0541 e. The van der Waals surface area contributed by atoms with Gasteiger partial charge in [-0.2, -0.15) is 0 Å². The zero-order valence-electron chi connectivity index (χ0n) is 35.7. The molecule has 0 radical (unpaired) electrons. The van der Waals surface area contributed by atoms with Gasteiger partial charge in [-0.1, -0.05) is 179 Å². The third kappa shape index (κ3) is 5.42. The normalized spacial score (nSPS) is 17.6. The summed E-state index contributed by atoms with van der Waals surface area (Å²) in [5, 5.41) is 2.56. The Balaban J connectivity index is 0.965. The third-order valence-corrected chi connectivity index (χ3v) is 14.5. The van der Waals surface area contributed by atoms with E-state index in [0.717, 1.165) is 5.69 Å². The predicted molar refractivity (Wildman–Crippen MR) is 261 cm³/mol. The Morgan fingerprint density at radius 3 is 1.84 bits per heavy atom. The third-order valence-electron chi connectivity index (χ3n) is 14.5. The molecule has 0 saturated heterocycles. The standard InChI is InChI=1S/C60H48N2/c1-59(2)52-24-11-8-20-47(52)48-34-32-44(37-54(48)59)61(42-30-28-40(29-31-42)39-16-6-5-7-17-39)45-33-35-51-55(38-45)60(3,4)53-25-15-23-46(58(51)53)41-18-14-19-43(36-41)62-56-26-12-9-21-49(56)50-22-10-13-27-57(50)62/h5-38,51,55H,1-4H3. The van der Waals surface area contributed by atoms with Crippen molar-refractivity contribution in [2.75, 3.05) is 4.90 Å². The number of allylic oxidation sites excluding steroid dienone is 3. The van der Waals surface area contributed by atoms with Gasteiger partial charge in [0.2, 0.25) is 0 Å². The van der Waals surface area contributed by atoms with Gasteiger partial charge in [-0.25, -0.2) is 0 Å². The highest BCUT2D eigenvalue weighted by atomic mass is 15.1. The van der Waals surface area contributed by atoms with Gasteiger partial charge in [0.1, 0.15) is 0 Å². The van der Waals surface area contributed by atoms with E-state index in [1.54, 1.807) is 0 Å². The number of para-hydroxylation sites is 2. The monoisotopic (exact) mass is 796 g/mol. The summed E-state index contributed by atoms with van der Waals surface area (Å²) in [4.78, 5) is 2.50. The highest BCUT2D eigenvalue weighted by Crippen LogP contribution is 2.57. The van der Waals surface area contributed by atoms with Crippen LogP contribution in [-0.2, 0) is 10.8 Å². The van der Waals surface area contributed by atoms with Crippen LogP contribution in [0.1, 0.15) is 55.9 Å². The summed E-state index contributed by atoms with van der Waals surface area (Å²) >= 11 is 0. The van der Waals surface area contributed by atoms with E-state index in [2.05, 4.69) is 243 Å². The zero-order valence-corrected chi connectivity index (χ0v) is 35.7. The summed E-state index contributed by atoms with van der Waals surface area (Å²) in [6.07, 6.45) is 7.49. The van der Waals surface area contributed by atoms with E-state index in [1.165, 1.54) is 94.5 Å². The van der Waals surface area contributed by atoms with Crippen LogP contribution in [0.15, 0.2) is 212 Å². The summed E-state index contributed by atoms with van der Waals surface area (Å²) in [6, 6.07) is 69.7. The number of nitrogens with zero attached hydrogens (tertiary/aromatic N) is 2. The maximum atomic E-state index is 2.58. The fraction of sp³-hybridized carbons (Fsp3) is 0.133. The van der Waals surface area contributed by atoms with Crippen molar-refractivity contribution in [3.05, 3.63) is 234 Å². The quantitative estimate of drug-likeness (QED) is 0.163. The predicted octanol–water partition coefficient (Wildman–Crippen LogP) is 15.7. The van der Waals surface area contributed by atoms with E-state index in [-0.39, 0.29) is 22.7 Å². The molecule has 0 fully saturated rings. The van der Waals surface area contributed by atoms with Crippen LogP contribution < -0.4 is 4.90 Å². The second-order valence-corrected chi connectivity index (χ2v) is 18.6. The largest absolute Gasteiger partial charge is 0.311 e. The van der Waals surface area contributed by atoms with Crippen LogP contribution in [-0.4, -0.2) is 4.57 Å². The van der Waals surface area contributed by atoms with Crippen molar-refractivity contribution in [1.29, 1.82) is 0 Å². The number of hydrogen-bond acceptors (Lipinski definition) is 1. The molecular weight excluding hydrogens is 749 g/mol. The average Bonchev–Trinajstić information content (AvgIpc) is 3.86. The first kappa shape index (κ1) is 36.7. The van der Waals surface area contributed by atoms with Crippen LogP contribution in [0.25, 0.3) is 60.9 Å². The van der Waals surface area contributed by atoms with Crippen LogP contribution in [0.5, 0.6) is 0 Å². The van der Waals surface area contributed by atoms with Gasteiger partial charge in [-0.3, -0.25) is 0 Å². The van der Waals surface area contributed by atoms with Crippen molar-refractivity contribution in [1.82, 2.24) is 4.57 Å². The second-order valence-electron chi connectivity index (χ2n) is 18.6. The fourth-order valence-electron chi connectivity index (χ4n) is 11.4. The molecule has 1 aromatic heterocycles. The number of benzene rings is 8. The van der Waals surface area contributed by atoms with Crippen molar-refractivity contribution in [3.8, 4) is 39.1 Å². The molecule has 0 saturated carbocycles. The van der Waals surface area contributed by atoms with Gasteiger partial charge in [0, 0.05) is 44.9 Å². The summed E-state index contributed by atoms with van der Waals surface area (Å²) in [7, 11) is 0. The van der Waals surface area contributed by atoms with Crippen LogP contribution in [0.3, 0.4) is 0 Å². The van der Waals surface area contributed by atoms with E-state index >= 15 is 0 Å². The van der Waals surface area contributed by atoms with Crippen LogP contribution in [0.4, 0.5) is 11.4 Å². The van der Waals surface area contributed by atoms with Crippen molar-refractivity contribution >= 4 is 33.2 Å². The summed E-state index contributed by atoms with van der Waals surface area (Å²) in [5.74, 6) is 0.507.